The molecule has 3 N–H and O–H groups in total. The third kappa shape index (κ3) is 4.36. The van der Waals surface area contributed by atoms with Gasteiger partial charge in [0.05, 0.1) is 16.4 Å². The lowest BCUT2D eigenvalue weighted by Crippen LogP contribution is -2.37. The van der Waals surface area contributed by atoms with Crippen LogP contribution in [0.1, 0.15) is 23.2 Å². The van der Waals surface area contributed by atoms with Gasteiger partial charge in [0.1, 0.15) is 12.1 Å². The van der Waals surface area contributed by atoms with Crippen molar-refractivity contribution in [3.8, 4) is 0 Å². The largest absolute Gasteiger partial charge is 0.481 e. The number of rotatable bonds is 6. The molecule has 1 aromatic heterocycles. The predicted octanol–water partition coefficient (Wildman–Crippen LogP) is 1.58. The molecule has 1 aromatic carbocycles. The lowest BCUT2D eigenvalue weighted by atomic mass is 9.97. The van der Waals surface area contributed by atoms with Gasteiger partial charge in [-0.25, -0.2) is 14.4 Å². The van der Waals surface area contributed by atoms with Crippen LogP contribution in [-0.2, 0) is 4.79 Å². The number of nitrogens with zero attached hydrogens (tertiary/aromatic N) is 4. The molecule has 3 rings (SSSR count). The molecule has 0 bridgehead atoms. The van der Waals surface area contributed by atoms with Gasteiger partial charge in [0.15, 0.2) is 0 Å². The minimum Gasteiger partial charge on any atom is -0.481 e. The van der Waals surface area contributed by atoms with Crippen LogP contribution >= 0.6 is 0 Å². The van der Waals surface area contributed by atoms with E-state index in [-0.39, 0.29) is 30.3 Å². The number of aliphatic carboxylic acids is 1. The molecule has 0 unspecified atom stereocenters. The highest BCUT2D eigenvalue weighted by Gasteiger charge is 2.31. The Morgan fingerprint density at radius 2 is 1.93 bits per heavy atom. The van der Waals surface area contributed by atoms with Crippen molar-refractivity contribution in [1.82, 2.24) is 15.4 Å². The first-order valence-corrected chi connectivity index (χ1v) is 8.66. The topological polar surface area (TPSA) is 151 Å². The molecule has 0 saturated carbocycles. The van der Waals surface area contributed by atoms with E-state index in [0.717, 1.165) is 12.4 Å². The Bertz CT molecular complexity index is 948. The number of hydrazine groups is 1. The molecular formula is C17H17FN6O5. The monoisotopic (exact) mass is 404 g/mol. The smallest absolute Gasteiger partial charge is 0.355 e. The van der Waals surface area contributed by atoms with Crippen molar-refractivity contribution in [2.45, 2.75) is 12.8 Å². The summed E-state index contributed by atoms with van der Waals surface area (Å²) in [4.78, 5) is 43.5. The number of hydrogen-bond donors (Lipinski definition) is 3. The maximum atomic E-state index is 13.7. The van der Waals surface area contributed by atoms with Crippen LogP contribution in [-0.4, -0.2) is 45.0 Å². The number of benzene rings is 1. The molecule has 11 nitrogen and oxygen atoms in total. The average molecular weight is 404 g/mol. The standard InChI is InChI=1S/C17H17FN6O5/c18-12-4-2-1-3-11(12)16(25)22-21-14-13(24(28)29)15(20-9-19-14)23-7-5-10(6-8-23)17(26)27/h1-4,9-10H,5-8H2,(H,22,25)(H,26,27)(H,19,20,21). The van der Waals surface area contributed by atoms with Gasteiger partial charge in [0.2, 0.25) is 11.6 Å². The zero-order valence-corrected chi connectivity index (χ0v) is 15.0. The van der Waals surface area contributed by atoms with E-state index in [1.807, 2.05) is 0 Å². The lowest BCUT2D eigenvalue weighted by molar-refractivity contribution is -0.383. The van der Waals surface area contributed by atoms with E-state index in [0.29, 0.717) is 12.8 Å². The van der Waals surface area contributed by atoms with Gasteiger partial charge in [-0.05, 0) is 25.0 Å². The van der Waals surface area contributed by atoms with Crippen molar-refractivity contribution < 1.29 is 24.0 Å². The summed E-state index contributed by atoms with van der Waals surface area (Å²) in [6.07, 6.45) is 1.73. The zero-order chi connectivity index (χ0) is 21.0. The Hall–Kier alpha value is -3.83. The van der Waals surface area contributed by atoms with Gasteiger partial charge in [0, 0.05) is 13.1 Å². The summed E-state index contributed by atoms with van der Waals surface area (Å²) in [7, 11) is 0. The minimum absolute atomic E-state index is 0.0106. The van der Waals surface area contributed by atoms with Crippen LogP contribution in [0, 0.1) is 21.8 Å². The Labute approximate surface area is 163 Å². The Kier molecular flexibility index (Phi) is 5.81. The number of piperidine rings is 1. The number of carboxylic acids is 1. The number of carbonyl (C=O) groups excluding carboxylic acids is 1. The molecule has 0 spiro atoms. The fourth-order valence-electron chi connectivity index (χ4n) is 3.03. The molecule has 1 saturated heterocycles. The molecule has 2 aromatic rings. The lowest BCUT2D eigenvalue weighted by Gasteiger charge is -2.30. The highest BCUT2D eigenvalue weighted by molar-refractivity contribution is 5.95. The van der Waals surface area contributed by atoms with Crippen LogP contribution in [0.15, 0.2) is 30.6 Å². The molecule has 2 heterocycles. The van der Waals surface area contributed by atoms with E-state index >= 15 is 0 Å². The normalized spacial score (nSPS) is 14.3. The molecule has 12 heteroatoms. The second kappa shape index (κ2) is 8.46. The van der Waals surface area contributed by atoms with Crippen molar-refractivity contribution >= 4 is 29.2 Å². The number of amides is 1. The van der Waals surface area contributed by atoms with Gasteiger partial charge >= 0.3 is 11.7 Å². The third-order valence-corrected chi connectivity index (χ3v) is 4.54. The van der Waals surface area contributed by atoms with Gasteiger partial charge in [-0.2, -0.15) is 0 Å². The maximum absolute atomic E-state index is 13.7. The molecule has 29 heavy (non-hydrogen) atoms. The molecular weight excluding hydrogens is 387 g/mol. The number of carbonyl (C=O) groups is 2. The summed E-state index contributed by atoms with van der Waals surface area (Å²) in [5.74, 6) is -3.25. The Morgan fingerprint density at radius 1 is 1.24 bits per heavy atom. The summed E-state index contributed by atoms with van der Waals surface area (Å²) in [6.45, 7) is 0.547. The van der Waals surface area contributed by atoms with Crippen LogP contribution < -0.4 is 15.8 Å². The molecule has 0 radical (unpaired) electrons. The SMILES string of the molecule is O=C(NNc1ncnc(N2CCC(C(=O)O)CC2)c1[N+](=O)[O-])c1ccccc1F. The second-order valence-electron chi connectivity index (χ2n) is 6.31. The first-order valence-electron chi connectivity index (χ1n) is 8.66. The van der Waals surface area contributed by atoms with Crippen LogP contribution in [0.25, 0.3) is 0 Å². The van der Waals surface area contributed by atoms with E-state index in [4.69, 9.17) is 5.11 Å². The molecule has 0 atom stereocenters. The molecule has 1 amide bonds. The van der Waals surface area contributed by atoms with Crippen molar-refractivity contribution in [1.29, 1.82) is 0 Å². The number of nitrogens with one attached hydrogen (secondary N) is 2. The van der Waals surface area contributed by atoms with E-state index in [9.17, 15) is 24.1 Å². The van der Waals surface area contributed by atoms with Crippen molar-refractivity contribution in [2.75, 3.05) is 23.4 Å². The summed E-state index contributed by atoms with van der Waals surface area (Å²) < 4.78 is 13.7. The number of carboxylic acid groups (broad SMARTS) is 1. The van der Waals surface area contributed by atoms with E-state index in [1.165, 1.54) is 18.2 Å². The first-order chi connectivity index (χ1) is 13.9. The van der Waals surface area contributed by atoms with Crippen molar-refractivity contribution in [3.63, 3.8) is 0 Å². The third-order valence-electron chi connectivity index (χ3n) is 4.54. The zero-order valence-electron chi connectivity index (χ0n) is 15.0. The van der Waals surface area contributed by atoms with Crippen LogP contribution in [0.5, 0.6) is 0 Å². The van der Waals surface area contributed by atoms with Crippen LogP contribution in [0.2, 0.25) is 0 Å². The quantitative estimate of drug-likeness (QED) is 0.481. The predicted molar refractivity (Wildman–Crippen MR) is 98.7 cm³/mol. The van der Waals surface area contributed by atoms with E-state index in [1.54, 1.807) is 4.90 Å². The number of halogens is 1. The summed E-state index contributed by atoms with van der Waals surface area (Å²) >= 11 is 0. The Morgan fingerprint density at radius 3 is 2.55 bits per heavy atom. The van der Waals surface area contributed by atoms with Gasteiger partial charge in [0.25, 0.3) is 5.91 Å². The maximum Gasteiger partial charge on any atom is 0.355 e. The van der Waals surface area contributed by atoms with E-state index < -0.39 is 34.2 Å². The fraction of sp³-hybridized carbons (Fsp3) is 0.294. The first kappa shape index (κ1) is 19.9. The van der Waals surface area contributed by atoms with Gasteiger partial charge in [-0.1, -0.05) is 12.1 Å². The van der Waals surface area contributed by atoms with Gasteiger partial charge in [-0.15, -0.1) is 0 Å². The molecule has 152 valence electrons. The van der Waals surface area contributed by atoms with Crippen molar-refractivity contribution in [2.24, 2.45) is 5.92 Å². The second-order valence-corrected chi connectivity index (χ2v) is 6.31. The molecule has 0 aliphatic carbocycles. The average Bonchev–Trinajstić information content (AvgIpc) is 2.72. The fourth-order valence-corrected chi connectivity index (χ4v) is 3.03. The molecule has 1 aliphatic rings. The number of hydrogen-bond acceptors (Lipinski definition) is 8. The summed E-state index contributed by atoms with van der Waals surface area (Å²) in [5.41, 5.74) is 3.81. The van der Waals surface area contributed by atoms with Gasteiger partial charge < -0.3 is 10.0 Å². The van der Waals surface area contributed by atoms with Crippen LogP contribution in [0.3, 0.4) is 0 Å². The number of aromatic nitrogens is 2. The highest BCUT2D eigenvalue weighted by Crippen LogP contribution is 2.33. The minimum atomic E-state index is -0.903. The van der Waals surface area contributed by atoms with Crippen molar-refractivity contribution in [3.05, 3.63) is 52.1 Å². The Balaban J connectivity index is 1.79. The summed E-state index contributed by atoms with van der Waals surface area (Å²) in [5, 5.41) is 20.7. The van der Waals surface area contributed by atoms with Gasteiger partial charge in [-0.3, -0.25) is 30.6 Å². The molecule has 1 aliphatic heterocycles. The van der Waals surface area contributed by atoms with E-state index in [2.05, 4.69) is 20.8 Å². The number of nitro groups is 1. The number of anilines is 2. The highest BCUT2D eigenvalue weighted by atomic mass is 19.1. The summed E-state index contributed by atoms with van der Waals surface area (Å²) in [6, 6.07) is 5.28. The van der Waals surface area contributed by atoms with Crippen LogP contribution in [0.4, 0.5) is 21.7 Å². The molecule has 1 fully saturated rings.